The zero-order valence-electron chi connectivity index (χ0n) is 13.5. The predicted octanol–water partition coefficient (Wildman–Crippen LogP) is 1.62. The van der Waals surface area contributed by atoms with Crippen LogP contribution in [0.3, 0.4) is 0 Å². The van der Waals surface area contributed by atoms with Gasteiger partial charge in [-0.25, -0.2) is 4.79 Å². The molecule has 2 aromatic rings. The highest BCUT2D eigenvalue weighted by Gasteiger charge is 2.25. The lowest BCUT2D eigenvalue weighted by Crippen LogP contribution is -2.44. The van der Waals surface area contributed by atoms with E-state index in [0.717, 1.165) is 5.65 Å². The van der Waals surface area contributed by atoms with Gasteiger partial charge in [-0.1, -0.05) is 26.0 Å². The molecule has 0 radical (unpaired) electrons. The highest BCUT2D eigenvalue weighted by molar-refractivity contribution is 5.74. The van der Waals surface area contributed by atoms with Crippen LogP contribution in [0.15, 0.2) is 37.1 Å². The van der Waals surface area contributed by atoms with E-state index in [2.05, 4.69) is 22.1 Å². The lowest BCUT2D eigenvalue weighted by Gasteiger charge is -2.26. The zero-order valence-corrected chi connectivity index (χ0v) is 13.5. The highest BCUT2D eigenvalue weighted by atomic mass is 16.3. The molecule has 2 N–H and O–H groups in total. The molecule has 1 atom stereocenters. The molecule has 0 aliphatic heterocycles. The summed E-state index contributed by atoms with van der Waals surface area (Å²) in [4.78, 5) is 14.0. The Kier molecular flexibility index (Phi) is 5.70. The number of amides is 2. The fourth-order valence-corrected chi connectivity index (χ4v) is 2.38. The van der Waals surface area contributed by atoms with Crippen LogP contribution < -0.4 is 5.32 Å². The van der Waals surface area contributed by atoms with Crippen LogP contribution in [-0.2, 0) is 0 Å². The Balaban J connectivity index is 2.25. The summed E-state index contributed by atoms with van der Waals surface area (Å²) in [5.74, 6) is 0.817. The number of carbonyl (C=O) groups is 1. The molecule has 7 heteroatoms. The number of fused-ring (bicyclic) bond motifs is 1. The van der Waals surface area contributed by atoms with Crippen LogP contribution in [0.4, 0.5) is 4.79 Å². The van der Waals surface area contributed by atoms with Gasteiger partial charge < -0.3 is 15.3 Å². The smallest absolute Gasteiger partial charge is 0.318 e. The van der Waals surface area contributed by atoms with Crippen molar-refractivity contribution in [3.63, 3.8) is 0 Å². The summed E-state index contributed by atoms with van der Waals surface area (Å²) >= 11 is 0. The molecule has 0 aliphatic rings. The van der Waals surface area contributed by atoms with Crippen molar-refractivity contribution in [1.29, 1.82) is 0 Å². The van der Waals surface area contributed by atoms with Gasteiger partial charge >= 0.3 is 6.03 Å². The molecule has 2 heterocycles. The van der Waals surface area contributed by atoms with Crippen molar-refractivity contribution >= 4 is 11.7 Å². The van der Waals surface area contributed by atoms with Crippen molar-refractivity contribution in [2.24, 2.45) is 5.92 Å². The average Bonchev–Trinajstić information content (AvgIpc) is 2.95. The molecular weight excluding hydrogens is 294 g/mol. The highest BCUT2D eigenvalue weighted by Crippen LogP contribution is 2.21. The van der Waals surface area contributed by atoms with Crippen LogP contribution in [0.5, 0.6) is 0 Å². The molecule has 2 amide bonds. The first-order valence-corrected chi connectivity index (χ1v) is 7.65. The number of pyridine rings is 1. The lowest BCUT2D eigenvalue weighted by atomic mass is 10.0. The average molecular weight is 317 g/mol. The van der Waals surface area contributed by atoms with Gasteiger partial charge in [0.1, 0.15) is 0 Å². The Morgan fingerprint density at radius 3 is 2.91 bits per heavy atom. The number of hydrogen-bond donors (Lipinski definition) is 2. The van der Waals surface area contributed by atoms with Crippen LogP contribution in [0.2, 0.25) is 0 Å². The van der Waals surface area contributed by atoms with E-state index in [0.29, 0.717) is 12.4 Å². The molecule has 0 fully saturated rings. The molecule has 7 nitrogen and oxygen atoms in total. The minimum atomic E-state index is -0.286. The van der Waals surface area contributed by atoms with E-state index in [1.807, 2.05) is 42.6 Å². The molecule has 0 spiro atoms. The summed E-state index contributed by atoms with van der Waals surface area (Å²) in [5.41, 5.74) is 0.737. The predicted molar refractivity (Wildman–Crippen MR) is 88.0 cm³/mol. The van der Waals surface area contributed by atoms with Gasteiger partial charge in [0.2, 0.25) is 0 Å². The third kappa shape index (κ3) is 3.87. The molecule has 2 rings (SSSR count). The molecule has 124 valence electrons. The third-order valence-corrected chi connectivity index (χ3v) is 3.57. The lowest BCUT2D eigenvalue weighted by molar-refractivity contribution is 0.176. The number of nitrogens with zero attached hydrogens (tertiary/aromatic N) is 4. The number of carbonyl (C=O) groups excluding carboxylic acids is 1. The maximum atomic E-state index is 12.5. The van der Waals surface area contributed by atoms with E-state index in [1.54, 1.807) is 6.08 Å². The second kappa shape index (κ2) is 7.73. The van der Waals surface area contributed by atoms with Crippen molar-refractivity contribution in [2.75, 3.05) is 19.7 Å². The number of nitrogens with one attached hydrogen (secondary N) is 1. The molecule has 1 unspecified atom stereocenters. The van der Waals surface area contributed by atoms with Crippen molar-refractivity contribution in [3.8, 4) is 0 Å². The first-order chi connectivity index (χ1) is 11.1. The summed E-state index contributed by atoms with van der Waals surface area (Å²) < 4.78 is 1.87. The van der Waals surface area contributed by atoms with Gasteiger partial charge in [0, 0.05) is 19.3 Å². The van der Waals surface area contributed by atoms with Crippen molar-refractivity contribution in [3.05, 3.63) is 42.9 Å². The first kappa shape index (κ1) is 17.0. The van der Waals surface area contributed by atoms with Gasteiger partial charge in [-0.2, -0.15) is 0 Å². The van der Waals surface area contributed by atoms with Crippen LogP contribution >= 0.6 is 0 Å². The normalized spacial score (nSPS) is 12.3. The van der Waals surface area contributed by atoms with Crippen LogP contribution in [0, 0.1) is 5.92 Å². The Labute approximate surface area is 135 Å². The quantitative estimate of drug-likeness (QED) is 0.760. The zero-order chi connectivity index (χ0) is 16.8. The van der Waals surface area contributed by atoms with E-state index in [1.165, 1.54) is 4.90 Å². The van der Waals surface area contributed by atoms with Gasteiger partial charge in [0.25, 0.3) is 0 Å². The number of hydrogen-bond acceptors (Lipinski definition) is 4. The summed E-state index contributed by atoms with van der Waals surface area (Å²) in [6.07, 6.45) is 3.51. The maximum Gasteiger partial charge on any atom is 0.318 e. The van der Waals surface area contributed by atoms with Crippen LogP contribution in [0.1, 0.15) is 25.7 Å². The van der Waals surface area contributed by atoms with E-state index in [4.69, 9.17) is 5.11 Å². The number of rotatable bonds is 7. The van der Waals surface area contributed by atoms with E-state index in [9.17, 15) is 4.79 Å². The largest absolute Gasteiger partial charge is 0.395 e. The molecule has 0 aromatic carbocycles. The number of aliphatic hydroxyl groups excluding tert-OH is 1. The molecule has 0 aliphatic carbocycles. The fraction of sp³-hybridized carbons (Fsp3) is 0.438. The van der Waals surface area contributed by atoms with Crippen molar-refractivity contribution in [2.45, 2.75) is 19.9 Å². The van der Waals surface area contributed by atoms with E-state index < -0.39 is 0 Å². The second-order valence-corrected chi connectivity index (χ2v) is 5.62. The van der Waals surface area contributed by atoms with E-state index >= 15 is 0 Å². The third-order valence-electron chi connectivity index (χ3n) is 3.57. The standard InChI is InChI=1S/C16H23N5O2/c1-4-8-20(10-11-22)16(23)17-14(12(2)3)15-19-18-13-7-5-6-9-21(13)15/h4-7,9,12,14,22H,1,8,10-11H2,2-3H3,(H,17,23). The minimum absolute atomic E-state index is 0.0958. The Bertz CT molecular complexity index is 667. The molecule has 23 heavy (non-hydrogen) atoms. The van der Waals surface area contributed by atoms with Crippen LogP contribution in [-0.4, -0.2) is 50.3 Å². The maximum absolute atomic E-state index is 12.5. The molecule has 0 saturated carbocycles. The summed E-state index contributed by atoms with van der Waals surface area (Å²) in [7, 11) is 0. The van der Waals surface area contributed by atoms with Gasteiger partial charge in [0.05, 0.1) is 12.6 Å². The number of aliphatic hydroxyl groups is 1. The first-order valence-electron chi connectivity index (χ1n) is 7.65. The van der Waals surface area contributed by atoms with Gasteiger partial charge in [0.15, 0.2) is 11.5 Å². The SMILES string of the molecule is C=CCN(CCO)C(=O)NC(c1nnc2ccccn12)C(C)C. The second-order valence-electron chi connectivity index (χ2n) is 5.62. The topological polar surface area (TPSA) is 82.8 Å². The fourth-order valence-electron chi connectivity index (χ4n) is 2.38. The van der Waals surface area contributed by atoms with Crippen molar-refractivity contribution in [1.82, 2.24) is 24.8 Å². The van der Waals surface area contributed by atoms with Crippen LogP contribution in [0.25, 0.3) is 5.65 Å². The summed E-state index contributed by atoms with van der Waals surface area (Å²) in [6, 6.07) is 5.11. The Hall–Kier alpha value is -2.41. The monoisotopic (exact) mass is 317 g/mol. The number of urea groups is 1. The van der Waals surface area contributed by atoms with Gasteiger partial charge in [-0.05, 0) is 18.1 Å². The summed E-state index contributed by atoms with van der Waals surface area (Å²) in [6.45, 7) is 8.20. The number of aromatic nitrogens is 3. The summed E-state index contributed by atoms with van der Waals surface area (Å²) in [5, 5.41) is 20.5. The molecule has 2 aromatic heterocycles. The van der Waals surface area contributed by atoms with Crippen molar-refractivity contribution < 1.29 is 9.90 Å². The molecular formula is C16H23N5O2. The van der Waals surface area contributed by atoms with Gasteiger partial charge in [-0.3, -0.25) is 4.40 Å². The molecule has 0 saturated heterocycles. The Morgan fingerprint density at radius 2 is 2.26 bits per heavy atom. The minimum Gasteiger partial charge on any atom is -0.395 e. The van der Waals surface area contributed by atoms with E-state index in [-0.39, 0.29) is 31.1 Å². The molecule has 0 bridgehead atoms. The van der Waals surface area contributed by atoms with Gasteiger partial charge in [-0.15, -0.1) is 16.8 Å². The Morgan fingerprint density at radius 1 is 1.48 bits per heavy atom.